The molecule has 0 bridgehead atoms. The Labute approximate surface area is 119 Å². The Hall–Kier alpha value is -0.0900. The molecule has 1 aromatic carbocycles. The summed E-state index contributed by atoms with van der Waals surface area (Å²) in [5.41, 5.74) is 1.47. The normalized spacial score (nSPS) is 17.8. The van der Waals surface area contributed by atoms with Gasteiger partial charge in [-0.1, -0.05) is 38.3 Å². The van der Waals surface area contributed by atoms with E-state index in [1.807, 2.05) is 0 Å². The lowest BCUT2D eigenvalue weighted by atomic mass is 9.80. The Kier molecular flexibility index (Phi) is 5.29. The first-order valence-corrected chi connectivity index (χ1v) is 7.83. The number of likely N-dealkylation sites (N-methyl/N-ethyl adjacent to an activating group) is 1. The Bertz CT molecular complexity index is 329. The van der Waals surface area contributed by atoms with Gasteiger partial charge in [0, 0.05) is 9.61 Å². The van der Waals surface area contributed by atoms with E-state index in [0.29, 0.717) is 6.04 Å². The molecule has 1 saturated carbocycles. The van der Waals surface area contributed by atoms with Crippen molar-refractivity contribution in [2.45, 2.75) is 45.1 Å². The largest absolute Gasteiger partial charge is 0.314 e. The highest BCUT2D eigenvalue weighted by Gasteiger charge is 2.21. The molecule has 0 spiro atoms. The highest BCUT2D eigenvalue weighted by atomic mass is 127. The maximum Gasteiger partial charge on any atom is 0.0130 e. The van der Waals surface area contributed by atoms with E-state index < -0.39 is 0 Å². The zero-order valence-electron chi connectivity index (χ0n) is 10.6. The molecule has 1 aliphatic carbocycles. The smallest absolute Gasteiger partial charge is 0.0130 e. The second-order valence-corrected chi connectivity index (χ2v) is 6.36. The second-order valence-electron chi connectivity index (χ2n) is 5.12. The van der Waals surface area contributed by atoms with E-state index in [-0.39, 0.29) is 0 Å². The molecule has 1 fully saturated rings. The van der Waals surface area contributed by atoms with Crippen molar-refractivity contribution in [3.05, 3.63) is 33.4 Å². The van der Waals surface area contributed by atoms with Gasteiger partial charge in [-0.25, -0.2) is 0 Å². The zero-order chi connectivity index (χ0) is 12.1. The lowest BCUT2D eigenvalue weighted by Gasteiger charge is -2.30. The summed E-state index contributed by atoms with van der Waals surface area (Å²) in [7, 11) is 0. The minimum Gasteiger partial charge on any atom is -0.314 e. The van der Waals surface area contributed by atoms with Crippen molar-refractivity contribution in [3.63, 3.8) is 0 Å². The van der Waals surface area contributed by atoms with E-state index in [0.717, 1.165) is 12.5 Å². The molecular weight excluding hydrogens is 321 g/mol. The summed E-state index contributed by atoms with van der Waals surface area (Å²) >= 11 is 2.37. The van der Waals surface area contributed by atoms with E-state index in [9.17, 15) is 0 Å². The van der Waals surface area contributed by atoms with Crippen LogP contribution in [-0.2, 0) is 6.42 Å². The zero-order valence-corrected chi connectivity index (χ0v) is 12.7. The monoisotopic (exact) mass is 343 g/mol. The molecule has 0 heterocycles. The van der Waals surface area contributed by atoms with Gasteiger partial charge in [0.25, 0.3) is 0 Å². The van der Waals surface area contributed by atoms with E-state index in [1.54, 1.807) is 0 Å². The van der Waals surface area contributed by atoms with Gasteiger partial charge in [-0.2, -0.15) is 0 Å². The number of benzene rings is 1. The molecule has 0 saturated heterocycles. The van der Waals surface area contributed by atoms with Crippen molar-refractivity contribution in [2.75, 3.05) is 6.54 Å². The first-order chi connectivity index (χ1) is 8.28. The van der Waals surface area contributed by atoms with Gasteiger partial charge in [0.2, 0.25) is 0 Å². The van der Waals surface area contributed by atoms with Crippen LogP contribution in [-0.4, -0.2) is 12.6 Å². The number of hydrogen-bond acceptors (Lipinski definition) is 1. The second kappa shape index (κ2) is 6.74. The van der Waals surface area contributed by atoms with Crippen molar-refractivity contribution in [3.8, 4) is 0 Å². The Morgan fingerprint density at radius 2 is 2.00 bits per heavy atom. The van der Waals surface area contributed by atoms with Crippen LogP contribution < -0.4 is 5.32 Å². The van der Waals surface area contributed by atoms with Crippen molar-refractivity contribution in [2.24, 2.45) is 5.92 Å². The maximum atomic E-state index is 3.64. The van der Waals surface area contributed by atoms with Crippen molar-refractivity contribution in [1.82, 2.24) is 5.32 Å². The SMILES string of the molecule is CCNC(Cc1ccc(I)cc1)CC1CCC1. The predicted molar refractivity (Wildman–Crippen MR) is 82.3 cm³/mol. The molecule has 1 atom stereocenters. The molecule has 1 nitrogen and oxygen atoms in total. The topological polar surface area (TPSA) is 12.0 Å². The Morgan fingerprint density at radius 1 is 1.29 bits per heavy atom. The van der Waals surface area contributed by atoms with Gasteiger partial charge in [-0.3, -0.25) is 0 Å². The van der Waals surface area contributed by atoms with Gasteiger partial charge < -0.3 is 5.32 Å². The first kappa shape index (κ1) is 13.3. The van der Waals surface area contributed by atoms with Gasteiger partial charge in [0.1, 0.15) is 0 Å². The molecule has 1 aliphatic rings. The summed E-state index contributed by atoms with van der Waals surface area (Å²) in [5.74, 6) is 0.989. The number of nitrogens with one attached hydrogen (secondary N) is 1. The molecule has 0 aromatic heterocycles. The van der Waals surface area contributed by atoms with Crippen LogP contribution in [0.2, 0.25) is 0 Å². The lowest BCUT2D eigenvalue weighted by molar-refractivity contribution is 0.260. The fourth-order valence-electron chi connectivity index (χ4n) is 2.56. The van der Waals surface area contributed by atoms with Crippen molar-refractivity contribution in [1.29, 1.82) is 0 Å². The predicted octanol–water partition coefficient (Wildman–Crippen LogP) is 4.00. The summed E-state index contributed by atoms with van der Waals surface area (Å²) in [6, 6.07) is 9.63. The van der Waals surface area contributed by atoms with Gasteiger partial charge >= 0.3 is 0 Å². The van der Waals surface area contributed by atoms with Crippen LogP contribution in [0.3, 0.4) is 0 Å². The molecule has 1 aromatic rings. The van der Waals surface area contributed by atoms with Crippen LogP contribution >= 0.6 is 22.6 Å². The van der Waals surface area contributed by atoms with Gasteiger partial charge in [-0.15, -0.1) is 0 Å². The molecule has 2 rings (SSSR count). The fraction of sp³-hybridized carbons (Fsp3) is 0.600. The van der Waals surface area contributed by atoms with Gasteiger partial charge in [0.05, 0.1) is 0 Å². The summed E-state index contributed by atoms with van der Waals surface area (Å²) in [4.78, 5) is 0. The third-order valence-electron chi connectivity index (χ3n) is 3.73. The van der Waals surface area contributed by atoms with Gasteiger partial charge in [-0.05, 0) is 65.6 Å². The molecule has 94 valence electrons. The number of hydrogen-bond donors (Lipinski definition) is 1. The minimum absolute atomic E-state index is 0.672. The van der Waals surface area contributed by atoms with Crippen molar-refractivity contribution < 1.29 is 0 Å². The fourth-order valence-corrected chi connectivity index (χ4v) is 2.92. The molecule has 17 heavy (non-hydrogen) atoms. The molecule has 2 heteroatoms. The average molecular weight is 343 g/mol. The van der Waals surface area contributed by atoms with Crippen LogP contribution in [0.5, 0.6) is 0 Å². The third kappa shape index (κ3) is 4.25. The highest BCUT2D eigenvalue weighted by molar-refractivity contribution is 14.1. The molecule has 0 amide bonds. The van der Waals surface area contributed by atoms with E-state index in [1.165, 1.54) is 41.2 Å². The Morgan fingerprint density at radius 3 is 2.53 bits per heavy atom. The Balaban J connectivity index is 1.88. The van der Waals surface area contributed by atoms with Crippen LogP contribution in [0.25, 0.3) is 0 Å². The van der Waals surface area contributed by atoms with Crippen LogP contribution in [0.4, 0.5) is 0 Å². The van der Waals surface area contributed by atoms with Crippen LogP contribution in [0, 0.1) is 9.49 Å². The highest BCUT2D eigenvalue weighted by Crippen LogP contribution is 2.31. The maximum absolute atomic E-state index is 3.64. The summed E-state index contributed by atoms with van der Waals surface area (Å²) in [6.45, 7) is 3.30. The quantitative estimate of drug-likeness (QED) is 0.770. The summed E-state index contributed by atoms with van der Waals surface area (Å²) < 4.78 is 1.32. The lowest BCUT2D eigenvalue weighted by Crippen LogP contribution is -2.34. The molecule has 1 unspecified atom stereocenters. The molecule has 0 aliphatic heterocycles. The average Bonchev–Trinajstić information content (AvgIpc) is 2.27. The minimum atomic E-state index is 0.672. The third-order valence-corrected chi connectivity index (χ3v) is 4.45. The number of halogens is 1. The summed E-state index contributed by atoms with van der Waals surface area (Å²) in [5, 5.41) is 3.64. The van der Waals surface area contributed by atoms with E-state index >= 15 is 0 Å². The van der Waals surface area contributed by atoms with Gasteiger partial charge in [0.15, 0.2) is 0 Å². The molecular formula is C15H22IN. The molecule has 0 radical (unpaired) electrons. The van der Waals surface area contributed by atoms with Crippen LogP contribution in [0.15, 0.2) is 24.3 Å². The number of rotatable bonds is 6. The first-order valence-electron chi connectivity index (χ1n) is 6.75. The standard InChI is InChI=1S/C15H22IN/c1-2-17-15(10-12-4-3-5-12)11-13-6-8-14(16)9-7-13/h6-9,12,15,17H,2-5,10-11H2,1H3. The van der Waals surface area contributed by atoms with E-state index in [2.05, 4.69) is 59.1 Å². The molecule has 1 N–H and O–H groups in total. The van der Waals surface area contributed by atoms with E-state index in [4.69, 9.17) is 0 Å². The van der Waals surface area contributed by atoms with Crippen LogP contribution in [0.1, 0.15) is 38.2 Å². The van der Waals surface area contributed by atoms with Crippen molar-refractivity contribution >= 4 is 22.6 Å². The summed E-state index contributed by atoms with van der Waals surface area (Å²) in [6.07, 6.45) is 6.90.